The Hall–Kier alpha value is -1.56. The molecule has 0 amide bonds. The number of rotatable bonds is 3. The van der Waals surface area contributed by atoms with Gasteiger partial charge in [0.2, 0.25) is 0 Å². The highest BCUT2D eigenvalue weighted by atomic mass is 19.4. The van der Waals surface area contributed by atoms with Gasteiger partial charge in [0.05, 0.1) is 5.56 Å². The lowest BCUT2D eigenvalue weighted by Gasteiger charge is -2.32. The second-order valence-electron chi connectivity index (χ2n) is 4.96. The molecular weight excluding hydrogens is 271 g/mol. The molecule has 20 heavy (non-hydrogen) atoms. The zero-order chi connectivity index (χ0) is 14.8. The molecule has 0 bridgehead atoms. The minimum Gasteiger partial charge on any atom is -0.480 e. The first-order chi connectivity index (χ1) is 9.39. The molecule has 0 spiro atoms. The average molecular weight is 287 g/mol. The van der Waals surface area contributed by atoms with Crippen LogP contribution in [0.5, 0.6) is 0 Å². The molecule has 1 aliphatic heterocycles. The van der Waals surface area contributed by atoms with E-state index in [1.165, 1.54) is 12.1 Å². The number of halogens is 3. The maximum atomic E-state index is 12.5. The first-order valence-corrected chi connectivity index (χ1v) is 6.53. The van der Waals surface area contributed by atoms with Gasteiger partial charge in [-0.3, -0.25) is 9.69 Å². The molecule has 1 unspecified atom stereocenters. The second-order valence-corrected chi connectivity index (χ2v) is 4.96. The molecule has 0 aliphatic carbocycles. The van der Waals surface area contributed by atoms with E-state index in [1.807, 2.05) is 4.90 Å². The lowest BCUT2D eigenvalue weighted by molar-refractivity contribution is -0.144. The highest BCUT2D eigenvalue weighted by molar-refractivity contribution is 5.75. The van der Waals surface area contributed by atoms with Gasteiger partial charge in [-0.25, -0.2) is 0 Å². The Morgan fingerprint density at radius 2 is 1.65 bits per heavy atom. The van der Waals surface area contributed by atoms with Gasteiger partial charge in [-0.05, 0) is 43.6 Å². The monoisotopic (exact) mass is 287 g/mol. The first kappa shape index (κ1) is 14.8. The van der Waals surface area contributed by atoms with Gasteiger partial charge in [0.25, 0.3) is 0 Å². The fraction of sp³-hybridized carbons (Fsp3) is 0.500. The number of carbonyl (C=O) groups is 1. The van der Waals surface area contributed by atoms with Crippen molar-refractivity contribution < 1.29 is 23.1 Å². The quantitative estimate of drug-likeness (QED) is 0.927. The number of piperidine rings is 1. The van der Waals surface area contributed by atoms with Crippen molar-refractivity contribution in [1.82, 2.24) is 4.90 Å². The van der Waals surface area contributed by atoms with Crippen molar-refractivity contribution in [1.29, 1.82) is 0 Å². The van der Waals surface area contributed by atoms with Gasteiger partial charge in [-0.1, -0.05) is 18.6 Å². The van der Waals surface area contributed by atoms with E-state index < -0.39 is 23.8 Å². The summed E-state index contributed by atoms with van der Waals surface area (Å²) in [5, 5.41) is 9.34. The molecule has 0 radical (unpaired) electrons. The predicted octanol–water partition coefficient (Wildman–Crippen LogP) is 3.32. The summed E-state index contributed by atoms with van der Waals surface area (Å²) in [4.78, 5) is 13.2. The fourth-order valence-corrected chi connectivity index (χ4v) is 2.54. The summed E-state index contributed by atoms with van der Waals surface area (Å²) in [6, 6.07) is 3.54. The molecular formula is C14H16F3NO2. The molecule has 1 heterocycles. The average Bonchev–Trinajstić information content (AvgIpc) is 2.39. The van der Waals surface area contributed by atoms with Crippen molar-refractivity contribution >= 4 is 5.97 Å². The van der Waals surface area contributed by atoms with E-state index in [9.17, 15) is 23.1 Å². The Morgan fingerprint density at radius 1 is 1.10 bits per heavy atom. The van der Waals surface area contributed by atoms with Crippen molar-refractivity contribution in [3.63, 3.8) is 0 Å². The van der Waals surface area contributed by atoms with Crippen molar-refractivity contribution in [2.45, 2.75) is 31.5 Å². The topological polar surface area (TPSA) is 40.5 Å². The van der Waals surface area contributed by atoms with Gasteiger partial charge in [0.1, 0.15) is 6.04 Å². The molecule has 3 nitrogen and oxygen atoms in total. The lowest BCUT2D eigenvalue weighted by Crippen LogP contribution is -2.37. The van der Waals surface area contributed by atoms with Crippen LogP contribution in [0, 0.1) is 0 Å². The van der Waals surface area contributed by atoms with Gasteiger partial charge in [0, 0.05) is 0 Å². The Morgan fingerprint density at radius 3 is 2.10 bits per heavy atom. The van der Waals surface area contributed by atoms with E-state index in [2.05, 4.69) is 0 Å². The number of benzene rings is 1. The lowest BCUT2D eigenvalue weighted by atomic mass is 10.0. The minimum absolute atomic E-state index is 0.396. The van der Waals surface area contributed by atoms with Crippen molar-refractivity contribution in [2.24, 2.45) is 0 Å². The molecule has 0 aromatic heterocycles. The van der Waals surface area contributed by atoms with E-state index >= 15 is 0 Å². The summed E-state index contributed by atoms with van der Waals surface area (Å²) in [7, 11) is 0. The Kier molecular flexibility index (Phi) is 4.32. The van der Waals surface area contributed by atoms with Crippen LogP contribution in [-0.4, -0.2) is 29.1 Å². The van der Waals surface area contributed by atoms with E-state index in [0.717, 1.165) is 31.4 Å². The zero-order valence-electron chi connectivity index (χ0n) is 10.9. The van der Waals surface area contributed by atoms with E-state index in [4.69, 9.17) is 0 Å². The summed E-state index contributed by atoms with van der Waals surface area (Å²) in [5.41, 5.74) is -0.364. The van der Waals surface area contributed by atoms with Gasteiger partial charge < -0.3 is 5.11 Å². The van der Waals surface area contributed by atoms with Gasteiger partial charge in [-0.15, -0.1) is 0 Å². The van der Waals surface area contributed by atoms with Crippen molar-refractivity contribution in [2.75, 3.05) is 13.1 Å². The molecule has 1 N–H and O–H groups in total. The van der Waals surface area contributed by atoms with Crippen LogP contribution in [0.15, 0.2) is 24.3 Å². The van der Waals surface area contributed by atoms with Crippen LogP contribution in [0.4, 0.5) is 13.2 Å². The number of nitrogens with zero attached hydrogens (tertiary/aromatic N) is 1. The molecule has 1 aromatic rings. The SMILES string of the molecule is O=C(O)C(c1ccc(C(F)(F)F)cc1)N1CCCCC1. The number of alkyl halides is 3. The van der Waals surface area contributed by atoms with Crippen LogP contribution in [0.1, 0.15) is 36.4 Å². The Labute approximate surface area is 115 Å². The third kappa shape index (κ3) is 3.30. The van der Waals surface area contributed by atoms with Crippen LogP contribution in [0.25, 0.3) is 0 Å². The molecule has 0 saturated carbocycles. The molecule has 1 aliphatic rings. The van der Waals surface area contributed by atoms with Gasteiger partial charge in [-0.2, -0.15) is 13.2 Å². The number of aliphatic carboxylic acids is 1. The molecule has 1 atom stereocenters. The van der Waals surface area contributed by atoms with Crippen molar-refractivity contribution in [3.8, 4) is 0 Å². The number of likely N-dealkylation sites (tertiary alicyclic amines) is 1. The summed E-state index contributed by atoms with van der Waals surface area (Å²) < 4.78 is 37.5. The highest BCUT2D eigenvalue weighted by Gasteiger charge is 2.32. The summed E-state index contributed by atoms with van der Waals surface area (Å²) in [5.74, 6) is -1.02. The van der Waals surface area contributed by atoms with Crippen LogP contribution >= 0.6 is 0 Å². The minimum atomic E-state index is -4.40. The first-order valence-electron chi connectivity index (χ1n) is 6.53. The molecule has 1 saturated heterocycles. The van der Waals surface area contributed by atoms with Gasteiger partial charge in [0.15, 0.2) is 0 Å². The summed E-state index contributed by atoms with van der Waals surface area (Å²) in [6.45, 7) is 1.33. The highest BCUT2D eigenvalue weighted by Crippen LogP contribution is 2.31. The molecule has 6 heteroatoms. The van der Waals surface area contributed by atoms with E-state index in [0.29, 0.717) is 18.7 Å². The molecule has 2 rings (SSSR count). The van der Waals surface area contributed by atoms with Gasteiger partial charge >= 0.3 is 12.1 Å². The summed E-state index contributed by atoms with van der Waals surface area (Å²) >= 11 is 0. The standard InChI is InChI=1S/C14H16F3NO2/c15-14(16,17)11-6-4-10(5-7-11)12(13(19)20)18-8-2-1-3-9-18/h4-7,12H,1-3,8-9H2,(H,19,20). The Bertz CT molecular complexity index is 464. The van der Waals surface area contributed by atoms with Crippen LogP contribution in [-0.2, 0) is 11.0 Å². The van der Waals surface area contributed by atoms with Crippen molar-refractivity contribution in [3.05, 3.63) is 35.4 Å². The second kappa shape index (κ2) is 5.83. The van der Waals surface area contributed by atoms with Crippen LogP contribution in [0.3, 0.4) is 0 Å². The number of carboxylic acids is 1. The normalized spacial score (nSPS) is 18.8. The smallest absolute Gasteiger partial charge is 0.416 e. The van der Waals surface area contributed by atoms with E-state index in [-0.39, 0.29) is 0 Å². The third-order valence-corrected chi connectivity index (χ3v) is 3.54. The largest absolute Gasteiger partial charge is 0.480 e. The maximum absolute atomic E-state index is 12.5. The number of carboxylic acid groups (broad SMARTS) is 1. The third-order valence-electron chi connectivity index (χ3n) is 3.54. The Balaban J connectivity index is 2.23. The van der Waals surface area contributed by atoms with Crippen LogP contribution < -0.4 is 0 Å². The number of hydrogen-bond acceptors (Lipinski definition) is 2. The maximum Gasteiger partial charge on any atom is 0.416 e. The molecule has 1 aromatic carbocycles. The predicted molar refractivity (Wildman–Crippen MR) is 67.2 cm³/mol. The fourth-order valence-electron chi connectivity index (χ4n) is 2.54. The van der Waals surface area contributed by atoms with Crippen LogP contribution in [0.2, 0.25) is 0 Å². The zero-order valence-corrected chi connectivity index (χ0v) is 10.9. The number of hydrogen-bond donors (Lipinski definition) is 1. The molecule has 1 fully saturated rings. The summed E-state index contributed by atoms with van der Waals surface area (Å²) in [6.07, 6.45) is -1.49. The van der Waals surface area contributed by atoms with E-state index in [1.54, 1.807) is 0 Å². The molecule has 110 valence electrons.